The van der Waals surface area contributed by atoms with Crippen molar-refractivity contribution in [2.45, 2.75) is 38.8 Å². The average molecular weight is 376 g/mol. The first-order valence-electron chi connectivity index (χ1n) is 8.70. The quantitative estimate of drug-likeness (QED) is 0.567. The van der Waals surface area contributed by atoms with Gasteiger partial charge in [0.2, 0.25) is 11.8 Å². The van der Waals surface area contributed by atoms with Crippen LogP contribution in [0.25, 0.3) is 0 Å². The molecule has 0 aliphatic rings. The molecule has 8 nitrogen and oxygen atoms in total. The molecule has 146 valence electrons. The molecule has 27 heavy (non-hydrogen) atoms. The van der Waals surface area contributed by atoms with Gasteiger partial charge in [-0.3, -0.25) is 10.1 Å². The molecular weight excluding hydrogens is 352 g/mol. The number of nitrogens with one attached hydrogen (secondary N) is 1. The summed E-state index contributed by atoms with van der Waals surface area (Å²) >= 11 is 0. The molecule has 0 radical (unpaired) electrons. The fourth-order valence-corrected chi connectivity index (χ4v) is 2.50. The van der Waals surface area contributed by atoms with Gasteiger partial charge < -0.3 is 19.8 Å². The lowest BCUT2D eigenvalue weighted by Gasteiger charge is -2.21. The Morgan fingerprint density at radius 1 is 1.07 bits per heavy atom. The predicted molar refractivity (Wildman–Crippen MR) is 97.1 cm³/mol. The van der Waals surface area contributed by atoms with Gasteiger partial charge in [0.05, 0.1) is 6.61 Å². The number of esters is 1. The molecule has 0 spiro atoms. The van der Waals surface area contributed by atoms with Gasteiger partial charge in [0.1, 0.15) is 12.1 Å². The minimum Gasteiger partial charge on any atom is -0.492 e. The molecular formula is C19H24N2O6. The van der Waals surface area contributed by atoms with E-state index < -0.39 is 35.8 Å². The van der Waals surface area contributed by atoms with E-state index in [4.69, 9.17) is 9.57 Å². The van der Waals surface area contributed by atoms with Gasteiger partial charge in [-0.2, -0.15) is 0 Å². The van der Waals surface area contributed by atoms with Crippen molar-refractivity contribution in [3.05, 3.63) is 48.0 Å². The molecule has 0 saturated carbocycles. The highest BCUT2D eigenvalue weighted by Crippen LogP contribution is 2.18. The van der Waals surface area contributed by atoms with Crippen molar-refractivity contribution in [1.29, 1.82) is 0 Å². The lowest BCUT2D eigenvalue weighted by Crippen LogP contribution is -2.48. The third-order valence-corrected chi connectivity index (χ3v) is 3.92. The number of benzene rings is 1. The van der Waals surface area contributed by atoms with E-state index in [-0.39, 0.29) is 6.61 Å². The number of aromatic nitrogens is 1. The normalized spacial score (nSPS) is 13.0. The van der Waals surface area contributed by atoms with Crippen LogP contribution in [0.3, 0.4) is 0 Å². The van der Waals surface area contributed by atoms with Crippen LogP contribution in [-0.2, 0) is 20.7 Å². The molecule has 8 heteroatoms. The summed E-state index contributed by atoms with van der Waals surface area (Å²) in [7, 11) is 0. The maximum Gasteiger partial charge on any atom is 0.349 e. The second-order valence-electron chi connectivity index (χ2n) is 5.97. The SMILES string of the molecule is CCOC(=O)[C@H](CCc1ccccc1)N[C@@H](C)C(=O)On1c(O)ccc1O. The molecule has 1 aromatic heterocycles. The van der Waals surface area contributed by atoms with E-state index in [0.717, 1.165) is 5.56 Å². The summed E-state index contributed by atoms with van der Waals surface area (Å²) in [4.78, 5) is 29.4. The number of rotatable bonds is 9. The van der Waals surface area contributed by atoms with E-state index in [1.807, 2.05) is 30.3 Å². The van der Waals surface area contributed by atoms with Crippen molar-refractivity contribution in [3.63, 3.8) is 0 Å². The Labute approximate surface area is 157 Å². The lowest BCUT2D eigenvalue weighted by molar-refractivity contribution is -0.150. The number of hydrogen-bond donors (Lipinski definition) is 3. The fraction of sp³-hybridized carbons (Fsp3) is 0.368. The molecule has 0 fully saturated rings. The molecule has 0 bridgehead atoms. The molecule has 2 rings (SSSR count). The topological polar surface area (TPSA) is 110 Å². The molecule has 3 N–H and O–H groups in total. The van der Waals surface area contributed by atoms with Crippen LogP contribution in [0.1, 0.15) is 25.8 Å². The Balaban J connectivity index is 1.99. The minimum absolute atomic E-state index is 0.228. The highest BCUT2D eigenvalue weighted by molar-refractivity contribution is 5.79. The first kappa shape index (κ1) is 20.3. The molecule has 0 amide bonds. The van der Waals surface area contributed by atoms with Gasteiger partial charge in [0.15, 0.2) is 0 Å². The largest absolute Gasteiger partial charge is 0.492 e. The average Bonchev–Trinajstić information content (AvgIpc) is 2.97. The lowest BCUT2D eigenvalue weighted by atomic mass is 10.0. The summed E-state index contributed by atoms with van der Waals surface area (Å²) in [5.41, 5.74) is 1.06. The second-order valence-corrected chi connectivity index (χ2v) is 5.97. The molecule has 1 heterocycles. The van der Waals surface area contributed by atoms with Gasteiger partial charge in [0.25, 0.3) is 0 Å². The molecule has 1 aromatic carbocycles. The number of aromatic hydroxyl groups is 2. The van der Waals surface area contributed by atoms with E-state index in [2.05, 4.69) is 5.32 Å². The Morgan fingerprint density at radius 2 is 1.70 bits per heavy atom. The third kappa shape index (κ3) is 5.75. The predicted octanol–water partition coefficient (Wildman–Crippen LogP) is 1.40. The zero-order chi connectivity index (χ0) is 19.8. The summed E-state index contributed by atoms with van der Waals surface area (Å²) in [6.07, 6.45) is 1.05. The summed E-state index contributed by atoms with van der Waals surface area (Å²) < 4.78 is 5.68. The molecule has 0 aliphatic carbocycles. The van der Waals surface area contributed by atoms with Crippen LogP contribution in [0.5, 0.6) is 11.8 Å². The van der Waals surface area contributed by atoms with Crippen LogP contribution in [0, 0.1) is 0 Å². The Morgan fingerprint density at radius 3 is 2.30 bits per heavy atom. The monoisotopic (exact) mass is 376 g/mol. The maximum atomic E-state index is 12.2. The number of carbonyl (C=O) groups excluding carboxylic acids is 2. The van der Waals surface area contributed by atoms with Crippen molar-refractivity contribution in [1.82, 2.24) is 10.0 Å². The van der Waals surface area contributed by atoms with Crippen LogP contribution in [0.2, 0.25) is 0 Å². The minimum atomic E-state index is -0.878. The standard InChI is InChI=1S/C19H24N2O6/c1-3-26-19(25)15(10-9-14-7-5-4-6-8-14)20-13(2)18(24)27-21-16(22)11-12-17(21)23/h4-8,11-13,15,20,22-23H,3,9-10H2,1-2H3/t13-,15-/m0/s1. The van der Waals surface area contributed by atoms with E-state index >= 15 is 0 Å². The van der Waals surface area contributed by atoms with E-state index in [9.17, 15) is 19.8 Å². The van der Waals surface area contributed by atoms with Gasteiger partial charge in [-0.15, -0.1) is 4.73 Å². The summed E-state index contributed by atoms with van der Waals surface area (Å²) in [5.74, 6) is -2.07. The Bertz CT molecular complexity index is 739. The van der Waals surface area contributed by atoms with Gasteiger partial charge in [0, 0.05) is 12.1 Å². The van der Waals surface area contributed by atoms with Crippen molar-refractivity contribution >= 4 is 11.9 Å². The smallest absolute Gasteiger partial charge is 0.349 e. The van der Waals surface area contributed by atoms with Crippen molar-refractivity contribution in [3.8, 4) is 11.8 Å². The molecule has 0 aliphatic heterocycles. The van der Waals surface area contributed by atoms with Crippen LogP contribution in [-0.4, -0.2) is 45.6 Å². The van der Waals surface area contributed by atoms with E-state index in [0.29, 0.717) is 17.6 Å². The van der Waals surface area contributed by atoms with Gasteiger partial charge in [-0.05, 0) is 32.3 Å². The number of hydrogen-bond acceptors (Lipinski definition) is 7. The zero-order valence-electron chi connectivity index (χ0n) is 15.3. The van der Waals surface area contributed by atoms with Crippen LogP contribution >= 0.6 is 0 Å². The van der Waals surface area contributed by atoms with Crippen LogP contribution < -0.4 is 10.2 Å². The number of carbonyl (C=O) groups is 2. The fourth-order valence-electron chi connectivity index (χ4n) is 2.50. The highest BCUT2D eigenvalue weighted by Gasteiger charge is 2.26. The number of ether oxygens (including phenoxy) is 1. The first-order valence-corrected chi connectivity index (χ1v) is 8.70. The molecule has 2 atom stereocenters. The van der Waals surface area contributed by atoms with Crippen molar-refractivity contribution < 1.29 is 29.4 Å². The summed E-state index contributed by atoms with van der Waals surface area (Å²) in [6, 6.07) is 10.4. The van der Waals surface area contributed by atoms with E-state index in [1.54, 1.807) is 6.92 Å². The molecule has 2 aromatic rings. The van der Waals surface area contributed by atoms with Gasteiger partial charge in [-0.1, -0.05) is 30.3 Å². The van der Waals surface area contributed by atoms with Crippen molar-refractivity contribution in [2.24, 2.45) is 0 Å². The van der Waals surface area contributed by atoms with Crippen molar-refractivity contribution in [2.75, 3.05) is 6.61 Å². The summed E-state index contributed by atoms with van der Waals surface area (Å²) in [5, 5.41) is 22.0. The summed E-state index contributed by atoms with van der Waals surface area (Å²) in [6.45, 7) is 3.46. The Kier molecular flexibility index (Phi) is 7.25. The maximum absolute atomic E-state index is 12.2. The highest BCUT2D eigenvalue weighted by atomic mass is 16.7. The van der Waals surface area contributed by atoms with E-state index in [1.165, 1.54) is 19.1 Å². The number of aryl methyl sites for hydroxylation is 1. The first-order chi connectivity index (χ1) is 12.9. The molecule has 0 unspecified atom stereocenters. The Hall–Kier alpha value is -3.00. The second kappa shape index (κ2) is 9.63. The van der Waals surface area contributed by atoms with Gasteiger partial charge >= 0.3 is 11.9 Å². The van der Waals surface area contributed by atoms with Crippen LogP contribution in [0.15, 0.2) is 42.5 Å². The number of nitrogens with zero attached hydrogens (tertiary/aromatic N) is 1. The van der Waals surface area contributed by atoms with Crippen LogP contribution in [0.4, 0.5) is 0 Å². The third-order valence-electron chi connectivity index (χ3n) is 3.92. The van der Waals surface area contributed by atoms with Gasteiger partial charge in [-0.25, -0.2) is 4.79 Å². The molecule has 0 saturated heterocycles. The zero-order valence-corrected chi connectivity index (χ0v) is 15.3.